The molecule has 228 valence electrons. The van der Waals surface area contributed by atoms with Gasteiger partial charge in [0.1, 0.15) is 37.5 Å². The topological polar surface area (TPSA) is 127 Å². The monoisotopic (exact) mass is 584 g/mol. The van der Waals surface area contributed by atoms with Crippen molar-refractivity contribution in [1.29, 1.82) is 0 Å². The van der Waals surface area contributed by atoms with E-state index < -0.39 is 12.6 Å². The molecule has 0 radical (unpaired) electrons. The SMILES string of the molecule is CCCNC(=O)CC=O.CN(C)CC=O.O=CCC(F)(F)F.O=CCOc1ccccc1.O=CCc1ccccc1. The van der Waals surface area contributed by atoms with E-state index in [-0.39, 0.29) is 25.2 Å². The van der Waals surface area contributed by atoms with Crippen molar-refractivity contribution in [2.75, 3.05) is 33.8 Å². The highest BCUT2D eigenvalue weighted by atomic mass is 19.4. The number of carbonyl (C=O) groups excluding carboxylic acids is 6. The van der Waals surface area contributed by atoms with Gasteiger partial charge in [0.2, 0.25) is 5.91 Å². The van der Waals surface area contributed by atoms with E-state index in [1.54, 1.807) is 0 Å². The fourth-order valence-electron chi connectivity index (χ4n) is 2.01. The summed E-state index contributed by atoms with van der Waals surface area (Å²) in [7, 11) is 3.71. The summed E-state index contributed by atoms with van der Waals surface area (Å²) in [5, 5.41) is 2.56. The van der Waals surface area contributed by atoms with Crippen LogP contribution in [0.2, 0.25) is 0 Å². The molecule has 0 atom stereocenters. The molecule has 2 aromatic rings. The molecule has 2 rings (SSSR count). The molecule has 0 saturated carbocycles. The molecule has 0 aromatic heterocycles. The minimum atomic E-state index is -4.32. The van der Waals surface area contributed by atoms with Gasteiger partial charge in [-0.1, -0.05) is 55.5 Å². The summed E-state index contributed by atoms with van der Waals surface area (Å²) >= 11 is 0. The van der Waals surface area contributed by atoms with Crippen LogP contribution in [0.25, 0.3) is 0 Å². The van der Waals surface area contributed by atoms with Crippen molar-refractivity contribution in [3.8, 4) is 5.75 Å². The molecule has 0 bridgehead atoms. The van der Waals surface area contributed by atoms with Crippen LogP contribution in [-0.2, 0) is 35.2 Å². The third-order valence-corrected chi connectivity index (χ3v) is 3.82. The minimum absolute atomic E-state index is 0.0139. The average Bonchev–Trinajstić information content (AvgIpc) is 2.93. The number of para-hydroxylation sites is 1. The van der Waals surface area contributed by atoms with E-state index in [1.165, 1.54) is 0 Å². The summed E-state index contributed by atoms with van der Waals surface area (Å²) in [6.45, 7) is 3.28. The molecule has 41 heavy (non-hydrogen) atoms. The Kier molecular flexibility index (Phi) is 30.6. The van der Waals surface area contributed by atoms with Crippen molar-refractivity contribution in [2.45, 2.75) is 38.8 Å². The van der Waals surface area contributed by atoms with Gasteiger partial charge in [-0.3, -0.25) is 9.59 Å². The molecule has 12 heteroatoms. The lowest BCUT2D eigenvalue weighted by molar-refractivity contribution is -0.144. The number of likely N-dealkylation sites (N-methyl/N-ethyl adjacent to an activating group) is 1. The van der Waals surface area contributed by atoms with Crippen molar-refractivity contribution >= 4 is 37.3 Å². The van der Waals surface area contributed by atoms with Crippen LogP contribution in [0.4, 0.5) is 13.2 Å². The smallest absolute Gasteiger partial charge is 0.395 e. The third-order valence-electron chi connectivity index (χ3n) is 3.82. The van der Waals surface area contributed by atoms with Crippen molar-refractivity contribution in [2.24, 2.45) is 0 Å². The molecule has 0 spiro atoms. The average molecular weight is 585 g/mol. The number of amides is 1. The predicted octanol–water partition coefficient (Wildman–Crippen LogP) is 3.68. The Labute approximate surface area is 239 Å². The molecule has 0 fully saturated rings. The van der Waals surface area contributed by atoms with Gasteiger partial charge in [0.15, 0.2) is 6.29 Å². The lowest BCUT2D eigenvalue weighted by atomic mass is 10.2. The molecule has 0 saturated heterocycles. The molecule has 1 N–H and O–H groups in total. The van der Waals surface area contributed by atoms with Gasteiger partial charge in [0.25, 0.3) is 0 Å². The number of aldehydes is 5. The van der Waals surface area contributed by atoms with Gasteiger partial charge < -0.3 is 34.1 Å². The standard InChI is InChI=1S/C8H8O2.C8H8O.C6H11NO2.C4H9NO.C3H3F3O/c9-6-7-10-8-4-2-1-3-5-8;9-7-6-8-4-2-1-3-5-8;1-2-4-7-6(9)3-5-8;1-5(2)3-4-6;4-3(5,6)1-2-7/h1-6H,7H2;1-5,7H,6H2;5H,2-4H2,1H3,(H,7,9);4H,3H2,1-2H3;2H,1H2. The number of halogens is 3. The number of benzene rings is 2. The lowest BCUT2D eigenvalue weighted by Crippen LogP contribution is -2.23. The zero-order valence-corrected chi connectivity index (χ0v) is 23.5. The Balaban J connectivity index is -0.000000446. The third kappa shape index (κ3) is 38.0. The van der Waals surface area contributed by atoms with Crippen LogP contribution in [0.5, 0.6) is 5.75 Å². The molecule has 0 aliphatic heterocycles. The van der Waals surface area contributed by atoms with Gasteiger partial charge in [0, 0.05) is 13.0 Å². The highest BCUT2D eigenvalue weighted by Gasteiger charge is 2.25. The molecule has 0 heterocycles. The molecule has 0 aliphatic rings. The van der Waals surface area contributed by atoms with Crippen LogP contribution < -0.4 is 10.1 Å². The summed E-state index contributed by atoms with van der Waals surface area (Å²) in [6.07, 6.45) is -1.28. The number of alkyl halides is 3. The Morgan fingerprint density at radius 1 is 0.829 bits per heavy atom. The first kappa shape index (κ1) is 41.3. The minimum Gasteiger partial charge on any atom is -0.486 e. The second kappa shape index (κ2) is 30.4. The first-order chi connectivity index (χ1) is 19.5. The van der Waals surface area contributed by atoms with Gasteiger partial charge in [-0.15, -0.1) is 0 Å². The highest BCUT2D eigenvalue weighted by Crippen LogP contribution is 2.16. The highest BCUT2D eigenvalue weighted by molar-refractivity contribution is 5.87. The number of ether oxygens (including phenoxy) is 1. The maximum Gasteiger partial charge on any atom is 0.395 e. The van der Waals surface area contributed by atoms with E-state index in [0.717, 1.165) is 36.6 Å². The fraction of sp³-hybridized carbons (Fsp3) is 0.379. The first-order valence-corrected chi connectivity index (χ1v) is 12.4. The maximum absolute atomic E-state index is 10.8. The van der Waals surface area contributed by atoms with Gasteiger partial charge in [-0.05, 0) is 38.2 Å². The van der Waals surface area contributed by atoms with Crippen LogP contribution in [0, 0.1) is 0 Å². The van der Waals surface area contributed by atoms with Crippen molar-refractivity contribution < 1.29 is 46.7 Å². The van der Waals surface area contributed by atoms with Gasteiger partial charge in [-0.2, -0.15) is 13.2 Å². The molecule has 1 amide bonds. The fourth-order valence-corrected chi connectivity index (χ4v) is 2.01. The van der Waals surface area contributed by atoms with Crippen LogP contribution >= 0.6 is 0 Å². The van der Waals surface area contributed by atoms with Gasteiger partial charge in [0.05, 0.1) is 19.4 Å². The normalized spacial score (nSPS) is 9.24. The van der Waals surface area contributed by atoms with Gasteiger partial charge in [-0.25, -0.2) is 0 Å². The number of carbonyl (C=O) groups is 6. The number of rotatable bonds is 12. The zero-order chi connectivity index (χ0) is 31.8. The largest absolute Gasteiger partial charge is 0.486 e. The van der Waals surface area contributed by atoms with E-state index in [0.29, 0.717) is 25.8 Å². The number of nitrogens with one attached hydrogen (secondary N) is 1. The van der Waals surface area contributed by atoms with Gasteiger partial charge >= 0.3 is 6.18 Å². The summed E-state index contributed by atoms with van der Waals surface area (Å²) in [5.74, 6) is 0.543. The maximum atomic E-state index is 10.8. The Hall–Kier alpha value is -4.19. The van der Waals surface area contributed by atoms with Crippen molar-refractivity contribution in [1.82, 2.24) is 10.2 Å². The molecule has 9 nitrogen and oxygen atoms in total. The second-order valence-corrected chi connectivity index (χ2v) is 7.78. The number of nitrogens with zero attached hydrogens (tertiary/aromatic N) is 1. The second-order valence-electron chi connectivity index (χ2n) is 7.78. The molecular weight excluding hydrogens is 545 g/mol. The van der Waals surface area contributed by atoms with Crippen molar-refractivity contribution in [3.05, 3.63) is 66.2 Å². The summed E-state index contributed by atoms with van der Waals surface area (Å²) < 4.78 is 37.5. The predicted molar refractivity (Wildman–Crippen MR) is 150 cm³/mol. The summed E-state index contributed by atoms with van der Waals surface area (Å²) in [5.41, 5.74) is 1.08. The van der Waals surface area contributed by atoms with E-state index >= 15 is 0 Å². The van der Waals surface area contributed by atoms with E-state index in [9.17, 15) is 37.1 Å². The van der Waals surface area contributed by atoms with Crippen LogP contribution in [0.1, 0.15) is 31.7 Å². The Morgan fingerprint density at radius 2 is 1.39 bits per heavy atom. The lowest BCUT2D eigenvalue weighted by Gasteiger charge is -1.99. The molecule has 0 unspecified atom stereocenters. The zero-order valence-electron chi connectivity index (χ0n) is 23.5. The quantitative estimate of drug-likeness (QED) is 0.296. The van der Waals surface area contributed by atoms with E-state index in [2.05, 4.69) is 5.32 Å². The Bertz CT molecular complexity index is 927. The Morgan fingerprint density at radius 3 is 1.73 bits per heavy atom. The number of hydrogen-bond donors (Lipinski definition) is 1. The molecule has 0 aliphatic carbocycles. The van der Waals surface area contributed by atoms with E-state index in [1.807, 2.05) is 86.6 Å². The summed E-state index contributed by atoms with van der Waals surface area (Å²) in [6, 6.07) is 18.9. The van der Waals surface area contributed by atoms with Crippen molar-refractivity contribution in [3.63, 3.8) is 0 Å². The number of hydrogen-bond acceptors (Lipinski definition) is 8. The molecule has 2 aromatic carbocycles. The first-order valence-electron chi connectivity index (χ1n) is 12.4. The van der Waals surface area contributed by atoms with Crippen LogP contribution in [0.15, 0.2) is 60.7 Å². The summed E-state index contributed by atoms with van der Waals surface area (Å²) in [4.78, 5) is 60.5. The van der Waals surface area contributed by atoms with Crippen LogP contribution in [0.3, 0.4) is 0 Å². The van der Waals surface area contributed by atoms with E-state index in [4.69, 9.17) is 9.53 Å². The molecular formula is C29H39F3N2O7. The van der Waals surface area contributed by atoms with Crippen LogP contribution in [-0.4, -0.2) is 82.2 Å².